The average molecular weight is 471 g/mol. The average Bonchev–Trinajstić information content (AvgIpc) is 2.87. The summed E-state index contributed by atoms with van der Waals surface area (Å²) in [6, 6.07) is 30.0. The molecule has 0 N–H and O–H groups in total. The van der Waals surface area contributed by atoms with Crippen molar-refractivity contribution in [1.82, 2.24) is 0 Å². The molecule has 36 heavy (non-hydrogen) atoms. The third-order valence-corrected chi connectivity index (χ3v) is 7.34. The minimum Gasteiger partial charge on any atom is -0.485 e. The molecule has 0 fully saturated rings. The van der Waals surface area contributed by atoms with Crippen molar-refractivity contribution in [2.45, 2.75) is 37.9 Å². The van der Waals surface area contributed by atoms with Gasteiger partial charge in [0.25, 0.3) is 0 Å². The molecule has 6 rings (SSSR count). The summed E-state index contributed by atoms with van der Waals surface area (Å²) in [5.41, 5.74) is 10.00. The molecule has 0 saturated carbocycles. The molecule has 0 heterocycles. The van der Waals surface area contributed by atoms with Gasteiger partial charge < -0.3 is 9.47 Å². The van der Waals surface area contributed by atoms with E-state index in [9.17, 15) is 0 Å². The summed E-state index contributed by atoms with van der Waals surface area (Å²) >= 11 is 0. The van der Waals surface area contributed by atoms with Crippen LogP contribution < -0.4 is 9.47 Å². The van der Waals surface area contributed by atoms with E-state index in [1.54, 1.807) is 0 Å². The predicted octanol–water partition coefficient (Wildman–Crippen LogP) is 8.16. The van der Waals surface area contributed by atoms with E-state index in [0.29, 0.717) is 0 Å². The fraction of sp³-hybridized carbons (Fsp3) is 0.176. The van der Waals surface area contributed by atoms with Gasteiger partial charge in [-0.2, -0.15) is 0 Å². The lowest BCUT2D eigenvalue weighted by Gasteiger charge is -2.31. The molecule has 4 aromatic carbocycles. The molecule has 0 saturated heterocycles. The second-order valence-corrected chi connectivity index (χ2v) is 9.65. The van der Waals surface area contributed by atoms with Gasteiger partial charge in [0.1, 0.15) is 23.7 Å². The van der Waals surface area contributed by atoms with E-state index in [1.165, 1.54) is 33.4 Å². The Morgan fingerprint density at radius 2 is 1.06 bits per heavy atom. The quantitative estimate of drug-likeness (QED) is 0.230. The van der Waals surface area contributed by atoms with Crippen LogP contribution in [-0.2, 0) is 25.7 Å². The molecule has 0 radical (unpaired) electrons. The first kappa shape index (κ1) is 22.4. The van der Waals surface area contributed by atoms with E-state index in [0.717, 1.165) is 48.3 Å². The van der Waals surface area contributed by atoms with Gasteiger partial charge in [0, 0.05) is 12.8 Å². The van der Waals surface area contributed by atoms with E-state index in [-0.39, 0.29) is 12.2 Å². The Morgan fingerprint density at radius 1 is 0.611 bits per heavy atom. The standard InChI is InChI=1S/C34H30O2/c1-3-9-27-19-23(15-17-31(27)35-33-21-25-11-5-7-13-29(25)33)24-16-18-32(28(20-24)10-4-2)36-34-22-26-12-6-8-14-30(26)34/h3-8,11-20,33-34H,1-2,9-10,21-22H2. The van der Waals surface area contributed by atoms with Gasteiger partial charge in [0.15, 0.2) is 0 Å². The van der Waals surface area contributed by atoms with Crippen molar-refractivity contribution >= 4 is 0 Å². The van der Waals surface area contributed by atoms with Crippen LogP contribution in [0.1, 0.15) is 45.6 Å². The summed E-state index contributed by atoms with van der Waals surface area (Å²) in [6.07, 6.45) is 7.59. The maximum atomic E-state index is 6.44. The van der Waals surface area contributed by atoms with Gasteiger partial charge in [0.2, 0.25) is 0 Å². The highest BCUT2D eigenvalue weighted by Crippen LogP contribution is 2.40. The first-order valence-corrected chi connectivity index (χ1v) is 12.7. The third-order valence-electron chi connectivity index (χ3n) is 7.34. The minimum absolute atomic E-state index is 0.128. The Hall–Kier alpha value is -4.04. The summed E-state index contributed by atoms with van der Waals surface area (Å²) < 4.78 is 12.9. The normalized spacial score (nSPS) is 17.1. The molecule has 2 nitrogen and oxygen atoms in total. The highest BCUT2D eigenvalue weighted by atomic mass is 16.5. The van der Waals surface area contributed by atoms with E-state index in [1.807, 2.05) is 12.2 Å². The molecule has 2 aliphatic carbocycles. The fourth-order valence-electron chi connectivity index (χ4n) is 5.32. The molecule has 0 aromatic heterocycles. The summed E-state index contributed by atoms with van der Waals surface area (Å²) in [7, 11) is 0. The first-order valence-electron chi connectivity index (χ1n) is 12.7. The first-order chi connectivity index (χ1) is 17.7. The Bertz CT molecular complexity index is 1340. The minimum atomic E-state index is 0.128. The zero-order valence-electron chi connectivity index (χ0n) is 20.5. The van der Waals surface area contributed by atoms with Crippen molar-refractivity contribution < 1.29 is 9.47 Å². The molecule has 2 aliphatic rings. The zero-order valence-corrected chi connectivity index (χ0v) is 20.5. The zero-order chi connectivity index (χ0) is 24.5. The highest BCUT2D eigenvalue weighted by molar-refractivity contribution is 5.68. The lowest BCUT2D eigenvalue weighted by Crippen LogP contribution is -2.22. The van der Waals surface area contributed by atoms with E-state index in [4.69, 9.17) is 9.47 Å². The highest BCUT2D eigenvalue weighted by Gasteiger charge is 2.29. The molecule has 4 aromatic rings. The molecule has 178 valence electrons. The molecule has 2 heteroatoms. The fourth-order valence-corrected chi connectivity index (χ4v) is 5.32. The molecule has 0 spiro atoms. The van der Waals surface area contributed by atoms with Crippen LogP contribution in [0.3, 0.4) is 0 Å². The number of ether oxygens (including phenoxy) is 2. The lowest BCUT2D eigenvalue weighted by atomic mass is 9.85. The SMILES string of the molecule is C=CCc1cc(-c2ccc(OC3Cc4ccccc43)c(CC=C)c2)ccc1OC1Cc2ccccc21. The summed E-state index contributed by atoms with van der Waals surface area (Å²) in [4.78, 5) is 0. The number of hydrogen-bond acceptors (Lipinski definition) is 2. The van der Waals surface area contributed by atoms with Crippen LogP contribution in [0.2, 0.25) is 0 Å². The van der Waals surface area contributed by atoms with Crippen LogP contribution in [0.25, 0.3) is 11.1 Å². The van der Waals surface area contributed by atoms with Crippen molar-refractivity contribution in [1.29, 1.82) is 0 Å². The van der Waals surface area contributed by atoms with Crippen molar-refractivity contribution in [3.8, 4) is 22.6 Å². The second kappa shape index (κ2) is 9.54. The van der Waals surface area contributed by atoms with Gasteiger partial charge >= 0.3 is 0 Å². The van der Waals surface area contributed by atoms with Crippen molar-refractivity contribution in [3.63, 3.8) is 0 Å². The van der Waals surface area contributed by atoms with Gasteiger partial charge in [-0.25, -0.2) is 0 Å². The maximum Gasteiger partial charge on any atom is 0.128 e. The molecular formula is C34H30O2. The Morgan fingerprint density at radius 3 is 1.47 bits per heavy atom. The number of rotatable bonds is 9. The smallest absolute Gasteiger partial charge is 0.128 e. The Kier molecular flexibility index (Phi) is 5.95. The summed E-state index contributed by atoms with van der Waals surface area (Å²) in [6.45, 7) is 7.95. The van der Waals surface area contributed by atoms with Crippen LogP contribution in [0.15, 0.2) is 110 Å². The van der Waals surface area contributed by atoms with Crippen LogP contribution in [-0.4, -0.2) is 0 Å². The van der Waals surface area contributed by atoms with Gasteiger partial charge in [-0.15, -0.1) is 13.2 Å². The molecular weight excluding hydrogens is 440 g/mol. The van der Waals surface area contributed by atoms with Crippen LogP contribution >= 0.6 is 0 Å². The largest absolute Gasteiger partial charge is 0.485 e. The summed E-state index contributed by atoms with van der Waals surface area (Å²) in [5, 5.41) is 0. The predicted molar refractivity (Wildman–Crippen MR) is 147 cm³/mol. The number of allylic oxidation sites excluding steroid dienone is 2. The Balaban J connectivity index is 1.25. The topological polar surface area (TPSA) is 18.5 Å². The van der Waals surface area contributed by atoms with E-state index < -0.39 is 0 Å². The van der Waals surface area contributed by atoms with Crippen molar-refractivity contribution in [2.24, 2.45) is 0 Å². The van der Waals surface area contributed by atoms with Gasteiger partial charge in [-0.05, 0) is 81.6 Å². The van der Waals surface area contributed by atoms with Gasteiger partial charge in [-0.3, -0.25) is 0 Å². The van der Waals surface area contributed by atoms with E-state index in [2.05, 4.69) is 98.1 Å². The van der Waals surface area contributed by atoms with Crippen molar-refractivity contribution in [2.75, 3.05) is 0 Å². The number of hydrogen-bond donors (Lipinski definition) is 0. The van der Waals surface area contributed by atoms with Crippen LogP contribution in [0.5, 0.6) is 11.5 Å². The lowest BCUT2D eigenvalue weighted by molar-refractivity contribution is 0.179. The van der Waals surface area contributed by atoms with Gasteiger partial charge in [-0.1, -0.05) is 72.8 Å². The van der Waals surface area contributed by atoms with Crippen LogP contribution in [0.4, 0.5) is 0 Å². The second-order valence-electron chi connectivity index (χ2n) is 9.65. The Labute approximate surface area is 213 Å². The van der Waals surface area contributed by atoms with Crippen molar-refractivity contribution in [3.05, 3.63) is 144 Å². The molecule has 0 aliphatic heterocycles. The molecule has 2 unspecified atom stereocenters. The maximum absolute atomic E-state index is 6.44. The van der Waals surface area contributed by atoms with E-state index >= 15 is 0 Å². The number of fused-ring (bicyclic) bond motifs is 2. The monoisotopic (exact) mass is 470 g/mol. The van der Waals surface area contributed by atoms with Gasteiger partial charge in [0.05, 0.1) is 0 Å². The molecule has 2 atom stereocenters. The van der Waals surface area contributed by atoms with Crippen LogP contribution in [0, 0.1) is 0 Å². The molecule has 0 amide bonds. The summed E-state index contributed by atoms with van der Waals surface area (Å²) in [5.74, 6) is 1.88. The molecule has 0 bridgehead atoms. The third kappa shape index (κ3) is 4.13. The number of benzene rings is 4.